The van der Waals surface area contributed by atoms with Gasteiger partial charge in [-0.05, 0) is 53.8 Å². The number of rotatable bonds is 23. The van der Waals surface area contributed by atoms with Crippen molar-refractivity contribution < 1.29 is 60.5 Å². The predicted molar refractivity (Wildman–Crippen MR) is 257 cm³/mol. The van der Waals surface area contributed by atoms with Crippen LogP contribution >= 0.6 is 11.8 Å². The summed E-state index contributed by atoms with van der Waals surface area (Å²) in [6.45, 7) is 20.7. The average Bonchev–Trinajstić information content (AvgIpc) is 3.61. The molecular formula is C46H68F5N5O8SSi2. The number of alkyl halides is 3. The van der Waals surface area contributed by atoms with Crippen molar-refractivity contribution in [2.75, 3.05) is 44.4 Å². The molecule has 1 heterocycles. The first kappa shape index (κ1) is 58.4. The van der Waals surface area contributed by atoms with Crippen LogP contribution in [0, 0.1) is 17.0 Å². The lowest BCUT2D eigenvalue weighted by atomic mass is 9.83. The van der Waals surface area contributed by atoms with Gasteiger partial charge < -0.3 is 40.4 Å². The molecule has 0 saturated heterocycles. The average molecular weight is 1000 g/mol. The Morgan fingerprint density at radius 1 is 0.896 bits per heavy atom. The van der Waals surface area contributed by atoms with Gasteiger partial charge in [-0.2, -0.15) is 24.9 Å². The summed E-state index contributed by atoms with van der Waals surface area (Å²) < 4.78 is 74.3. The maximum Gasteiger partial charge on any atom is 0.490 e. The number of esters is 1. The molecule has 1 aromatic heterocycles. The summed E-state index contributed by atoms with van der Waals surface area (Å²) in [5, 5.41) is 12.6. The monoisotopic (exact) mass is 1000 g/mol. The smallest absolute Gasteiger partial charge is 0.475 e. The molecule has 0 fully saturated rings. The standard InChI is InChI=1S/C44H67F2N5O6SSi2.C2HF3O2/c1-44(2,3)41(38-26-33(35-27-34(45)16-17-36(35)46)30-50(38)29-32-14-11-10-12-15-32)51(20-13-19-48-43(55)57-22-25-60(7,8)9)40(53)31-58-23-18-39(52)49-37(28-47)42(54)56-21-24-59(4,5)6;3-2(4,5)1(6)7/h10-12,14-17,26-27,30,37,41H,13,18-25,28-29,31,47H2,1-9H3,(H,48,55)(H,49,52);(H,6,7)/t37-,41+;/m1./s1. The lowest BCUT2D eigenvalue weighted by Gasteiger charge is -2.41. The third kappa shape index (κ3) is 22.3. The number of hydrogen-bond donors (Lipinski definition) is 4. The van der Waals surface area contributed by atoms with E-state index in [0.717, 1.165) is 35.5 Å². The normalized spacial score (nSPS) is 12.8. The Hall–Kier alpha value is -4.74. The van der Waals surface area contributed by atoms with Crippen LogP contribution in [0.1, 0.15) is 50.9 Å². The van der Waals surface area contributed by atoms with E-state index < -0.39 is 69.5 Å². The van der Waals surface area contributed by atoms with E-state index in [1.807, 2.05) is 61.7 Å². The highest BCUT2D eigenvalue weighted by Crippen LogP contribution is 2.41. The van der Waals surface area contributed by atoms with Crippen molar-refractivity contribution in [2.45, 2.75) is 110 Å². The van der Waals surface area contributed by atoms with E-state index in [0.29, 0.717) is 30.9 Å². The SMILES string of the molecule is CC(C)(C)[C@H](c1cc(-c2cc(F)ccc2F)cn1Cc1ccccc1)N(CCCNC(=O)OCC[Si](C)(C)C)C(=O)CSCCC(=O)N[C@H](CN)C(=O)OCC[Si](C)(C)C.O=C(O)C(F)(F)F. The molecule has 0 saturated carbocycles. The number of ether oxygens (including phenoxy) is 2. The zero-order chi connectivity index (χ0) is 50.8. The van der Waals surface area contributed by atoms with Crippen LogP contribution < -0.4 is 16.4 Å². The van der Waals surface area contributed by atoms with Gasteiger partial charge in [0.05, 0.1) is 25.0 Å². The number of carboxylic acids is 1. The Morgan fingerprint density at radius 2 is 1.49 bits per heavy atom. The van der Waals surface area contributed by atoms with Crippen molar-refractivity contribution in [3.05, 3.63) is 83.7 Å². The van der Waals surface area contributed by atoms with E-state index in [9.17, 15) is 36.7 Å². The Bertz CT molecular complexity index is 2080. The number of nitrogens with one attached hydrogen (secondary N) is 2. The van der Waals surface area contributed by atoms with Crippen LogP contribution in [0.2, 0.25) is 51.4 Å². The number of halogens is 5. The van der Waals surface area contributed by atoms with Crippen LogP contribution in [0.25, 0.3) is 11.1 Å². The number of amides is 3. The number of thioether (sulfide) groups is 1. The van der Waals surface area contributed by atoms with Gasteiger partial charge in [-0.3, -0.25) is 9.59 Å². The topological polar surface area (TPSA) is 182 Å². The van der Waals surface area contributed by atoms with Crippen LogP contribution in [0.15, 0.2) is 60.8 Å². The molecule has 0 unspecified atom stereocenters. The fourth-order valence-electron chi connectivity index (χ4n) is 6.40. The molecule has 13 nitrogen and oxygen atoms in total. The number of aromatic nitrogens is 1. The van der Waals surface area contributed by atoms with Crippen molar-refractivity contribution in [2.24, 2.45) is 11.1 Å². The van der Waals surface area contributed by atoms with Crippen molar-refractivity contribution in [3.63, 3.8) is 0 Å². The summed E-state index contributed by atoms with van der Waals surface area (Å²) >= 11 is 1.29. The maximum atomic E-state index is 15.3. The van der Waals surface area contributed by atoms with E-state index >= 15 is 4.39 Å². The number of alkyl carbamates (subject to hydrolysis) is 1. The second-order valence-corrected chi connectivity index (χ2v) is 31.8. The minimum atomic E-state index is -5.08. The van der Waals surface area contributed by atoms with Gasteiger partial charge in [-0.25, -0.2) is 23.2 Å². The van der Waals surface area contributed by atoms with Crippen LogP contribution in [0.4, 0.5) is 26.7 Å². The van der Waals surface area contributed by atoms with Gasteiger partial charge >= 0.3 is 24.2 Å². The highest BCUT2D eigenvalue weighted by Gasteiger charge is 2.39. The molecule has 0 bridgehead atoms. The predicted octanol–water partition coefficient (Wildman–Crippen LogP) is 8.93. The summed E-state index contributed by atoms with van der Waals surface area (Å²) in [4.78, 5) is 63.1. The van der Waals surface area contributed by atoms with E-state index in [-0.39, 0.29) is 55.8 Å². The quantitative estimate of drug-likeness (QED) is 0.0310. The molecule has 0 aliphatic rings. The molecule has 0 spiro atoms. The molecule has 0 aliphatic heterocycles. The molecule has 3 amide bonds. The zero-order valence-corrected chi connectivity index (χ0v) is 42.8. The van der Waals surface area contributed by atoms with Crippen LogP contribution in [-0.2, 0) is 35.2 Å². The molecule has 0 radical (unpaired) electrons. The summed E-state index contributed by atoms with van der Waals surface area (Å²) in [6, 6.07) is 15.1. The van der Waals surface area contributed by atoms with Gasteiger partial charge in [-0.15, -0.1) is 0 Å². The highest BCUT2D eigenvalue weighted by atomic mass is 32.2. The van der Waals surface area contributed by atoms with E-state index in [4.69, 9.17) is 25.1 Å². The molecule has 2 aromatic carbocycles. The third-order valence-corrected chi connectivity index (χ3v) is 14.3. The molecule has 21 heteroatoms. The van der Waals surface area contributed by atoms with Crippen LogP contribution in [0.3, 0.4) is 0 Å². The third-order valence-electron chi connectivity index (χ3n) is 9.92. The Morgan fingerprint density at radius 3 is 2.04 bits per heavy atom. The first-order valence-corrected chi connectivity index (χ1v) is 30.5. The molecule has 67 heavy (non-hydrogen) atoms. The molecule has 0 aliphatic carbocycles. The van der Waals surface area contributed by atoms with E-state index in [1.165, 1.54) is 17.8 Å². The number of carbonyl (C=O) groups excluding carboxylic acids is 4. The summed E-state index contributed by atoms with van der Waals surface area (Å²) in [5.41, 5.74) is 7.52. The van der Waals surface area contributed by atoms with Gasteiger partial charge in [0.25, 0.3) is 0 Å². The number of nitrogens with two attached hydrogens (primary N) is 1. The van der Waals surface area contributed by atoms with E-state index in [2.05, 4.69) is 49.9 Å². The van der Waals surface area contributed by atoms with E-state index in [1.54, 1.807) is 11.1 Å². The number of hydrogen-bond acceptors (Lipinski definition) is 9. The largest absolute Gasteiger partial charge is 0.490 e. The van der Waals surface area contributed by atoms with Crippen molar-refractivity contribution >= 4 is 57.8 Å². The van der Waals surface area contributed by atoms with Crippen molar-refractivity contribution in [1.29, 1.82) is 0 Å². The number of aliphatic carboxylic acids is 1. The van der Waals surface area contributed by atoms with Gasteiger partial charge in [-0.1, -0.05) is 90.4 Å². The van der Waals surface area contributed by atoms with Crippen molar-refractivity contribution in [3.8, 4) is 11.1 Å². The lowest BCUT2D eigenvalue weighted by Crippen LogP contribution is -2.47. The Balaban J connectivity index is 0.00000203. The molecule has 3 rings (SSSR count). The minimum Gasteiger partial charge on any atom is -0.475 e. The molecular weight excluding hydrogens is 934 g/mol. The Labute approximate surface area is 397 Å². The first-order chi connectivity index (χ1) is 31.0. The number of carboxylic acid groups (broad SMARTS) is 1. The fraction of sp³-hybridized carbons (Fsp3) is 0.543. The molecule has 2 atom stereocenters. The molecule has 3 aromatic rings. The minimum absolute atomic E-state index is 0.0375. The fourth-order valence-corrected chi connectivity index (χ4v) is 8.64. The summed E-state index contributed by atoms with van der Waals surface area (Å²) in [7, 11) is -2.81. The van der Waals surface area contributed by atoms with Gasteiger partial charge in [0, 0.05) is 77.5 Å². The first-order valence-electron chi connectivity index (χ1n) is 22.0. The van der Waals surface area contributed by atoms with Gasteiger partial charge in [0.2, 0.25) is 11.8 Å². The van der Waals surface area contributed by atoms with Gasteiger partial charge in [0.1, 0.15) is 17.7 Å². The number of nitrogens with zero attached hydrogens (tertiary/aromatic N) is 2. The zero-order valence-electron chi connectivity index (χ0n) is 40.0. The molecule has 5 N–H and O–H groups in total. The maximum absolute atomic E-state index is 15.3. The van der Waals surface area contributed by atoms with Crippen LogP contribution in [0.5, 0.6) is 0 Å². The summed E-state index contributed by atoms with van der Waals surface area (Å²) in [6.07, 6.45) is -3.34. The lowest BCUT2D eigenvalue weighted by molar-refractivity contribution is -0.192. The van der Waals surface area contributed by atoms with Gasteiger partial charge in [0.15, 0.2) is 0 Å². The second-order valence-electron chi connectivity index (χ2n) is 19.4. The number of benzene rings is 2. The summed E-state index contributed by atoms with van der Waals surface area (Å²) in [5.74, 6) is -4.70. The number of carbonyl (C=O) groups is 5. The van der Waals surface area contributed by atoms with Crippen molar-refractivity contribution in [1.82, 2.24) is 20.1 Å². The highest BCUT2D eigenvalue weighted by molar-refractivity contribution is 7.99. The second kappa shape index (κ2) is 26.7. The Kier molecular flexibility index (Phi) is 23.3. The molecule has 374 valence electrons. The van der Waals surface area contributed by atoms with Crippen LogP contribution in [-0.4, -0.2) is 117 Å².